The van der Waals surface area contributed by atoms with Gasteiger partial charge in [0.05, 0.1) is 11.9 Å². The summed E-state index contributed by atoms with van der Waals surface area (Å²) in [4.78, 5) is 29.9. The molecule has 7 heteroatoms. The van der Waals surface area contributed by atoms with Gasteiger partial charge in [-0.1, -0.05) is 18.4 Å². The van der Waals surface area contributed by atoms with Crippen molar-refractivity contribution in [2.24, 2.45) is 5.92 Å². The number of likely N-dealkylation sites (tertiary alicyclic amines) is 1. The zero-order chi connectivity index (χ0) is 23.0. The number of hydrogen-bond acceptors (Lipinski definition) is 4. The normalized spacial score (nSPS) is 18.3. The fourth-order valence-electron chi connectivity index (χ4n) is 5.30. The third-order valence-electron chi connectivity index (χ3n) is 6.69. The van der Waals surface area contributed by atoms with Crippen molar-refractivity contribution < 1.29 is 9.53 Å². The highest BCUT2D eigenvalue weighted by molar-refractivity contribution is 5.78. The molecule has 0 bridgehead atoms. The van der Waals surface area contributed by atoms with Crippen LogP contribution in [0.15, 0.2) is 22.6 Å². The minimum atomic E-state index is -0.500. The van der Waals surface area contributed by atoms with Crippen LogP contribution < -0.4 is 5.56 Å². The fourth-order valence-corrected chi connectivity index (χ4v) is 5.30. The Kier molecular flexibility index (Phi) is 6.19. The fraction of sp³-hybridized carbons (Fsp3) is 0.640. The molecule has 1 N–H and O–H groups in total. The topological polar surface area (TPSA) is 79.7 Å². The van der Waals surface area contributed by atoms with Gasteiger partial charge in [0, 0.05) is 30.6 Å². The van der Waals surface area contributed by atoms with Crippen molar-refractivity contribution in [3.8, 4) is 0 Å². The first-order chi connectivity index (χ1) is 15.1. The van der Waals surface area contributed by atoms with Crippen LogP contribution in [0.5, 0.6) is 0 Å². The number of fused-ring (bicyclic) bond motifs is 1. The highest BCUT2D eigenvalue weighted by Crippen LogP contribution is 2.40. The van der Waals surface area contributed by atoms with E-state index in [1.807, 2.05) is 31.5 Å². The molecule has 1 aliphatic heterocycles. The molecule has 7 nitrogen and oxygen atoms in total. The van der Waals surface area contributed by atoms with Crippen LogP contribution in [0.1, 0.15) is 90.3 Å². The lowest BCUT2D eigenvalue weighted by atomic mass is 9.89. The Labute approximate surface area is 189 Å². The Balaban J connectivity index is 1.61. The molecule has 1 saturated carbocycles. The van der Waals surface area contributed by atoms with Gasteiger partial charge in [0.1, 0.15) is 11.2 Å². The summed E-state index contributed by atoms with van der Waals surface area (Å²) in [5.41, 5.74) is 4.82. The van der Waals surface area contributed by atoms with Gasteiger partial charge in [0.25, 0.3) is 5.56 Å². The number of aromatic amines is 1. The Hall–Kier alpha value is -2.57. The number of hydrogen-bond donors (Lipinski definition) is 1. The van der Waals surface area contributed by atoms with E-state index in [2.05, 4.69) is 18.8 Å². The van der Waals surface area contributed by atoms with Gasteiger partial charge in [-0.15, -0.1) is 0 Å². The van der Waals surface area contributed by atoms with Crippen LogP contribution >= 0.6 is 0 Å². The molecule has 0 unspecified atom stereocenters. The van der Waals surface area contributed by atoms with E-state index in [9.17, 15) is 9.59 Å². The van der Waals surface area contributed by atoms with E-state index in [1.165, 1.54) is 36.8 Å². The number of carbonyl (C=O) groups is 1. The summed E-state index contributed by atoms with van der Waals surface area (Å²) in [5.74, 6) is 0.713. The first-order valence-corrected chi connectivity index (χ1v) is 11.9. The van der Waals surface area contributed by atoms with Gasteiger partial charge in [0.2, 0.25) is 0 Å². The molecule has 1 amide bonds. The van der Waals surface area contributed by atoms with Gasteiger partial charge in [-0.3, -0.25) is 4.79 Å². The highest BCUT2D eigenvalue weighted by atomic mass is 16.6. The molecular weight excluding hydrogens is 404 g/mol. The van der Waals surface area contributed by atoms with Crippen molar-refractivity contribution >= 4 is 17.3 Å². The molecule has 2 aliphatic rings. The standard InChI is InChI=1S/C25H36N4O3/c1-16(2)22(18-8-6-7-9-18)19-15-26-29-20(14-21(30)27-23(19)29)17-10-12-28(13-11-17)24(31)32-25(3,4)5/h14-15,17-18H,6-13H2,1-5H3,(H,27,30). The second-order valence-corrected chi connectivity index (χ2v) is 10.5. The van der Waals surface area contributed by atoms with Crippen LogP contribution in [-0.2, 0) is 4.74 Å². The molecule has 4 rings (SSSR count). The van der Waals surface area contributed by atoms with Gasteiger partial charge in [0.15, 0.2) is 0 Å². The molecule has 0 aromatic carbocycles. The van der Waals surface area contributed by atoms with Gasteiger partial charge in [-0.2, -0.15) is 5.10 Å². The number of rotatable bonds is 3. The number of nitrogens with one attached hydrogen (secondary N) is 1. The lowest BCUT2D eigenvalue weighted by Gasteiger charge is -2.33. The largest absolute Gasteiger partial charge is 0.444 e. The summed E-state index contributed by atoms with van der Waals surface area (Å²) in [6.45, 7) is 11.2. The zero-order valence-corrected chi connectivity index (χ0v) is 20.0. The van der Waals surface area contributed by atoms with Gasteiger partial charge in [-0.25, -0.2) is 9.31 Å². The van der Waals surface area contributed by atoms with Crippen LogP contribution in [0.2, 0.25) is 0 Å². The Bertz CT molecular complexity index is 1070. The maximum atomic E-state index is 12.6. The van der Waals surface area contributed by atoms with Crippen molar-refractivity contribution in [1.82, 2.24) is 19.5 Å². The molecular formula is C25H36N4O3. The molecule has 0 spiro atoms. The third kappa shape index (κ3) is 4.62. The molecule has 1 saturated heterocycles. The van der Waals surface area contributed by atoms with E-state index >= 15 is 0 Å². The van der Waals surface area contributed by atoms with E-state index in [1.54, 1.807) is 11.0 Å². The summed E-state index contributed by atoms with van der Waals surface area (Å²) < 4.78 is 7.44. The molecule has 1 aliphatic carbocycles. The van der Waals surface area contributed by atoms with Crippen molar-refractivity contribution in [2.75, 3.05) is 13.1 Å². The first-order valence-electron chi connectivity index (χ1n) is 11.9. The van der Waals surface area contributed by atoms with E-state index in [-0.39, 0.29) is 17.6 Å². The molecule has 3 heterocycles. The Morgan fingerprint density at radius 2 is 1.78 bits per heavy atom. The first kappa shape index (κ1) is 22.6. The van der Waals surface area contributed by atoms with Gasteiger partial charge in [-0.05, 0) is 71.8 Å². The maximum absolute atomic E-state index is 12.6. The second-order valence-electron chi connectivity index (χ2n) is 10.5. The molecule has 2 aromatic rings. The van der Waals surface area contributed by atoms with Crippen LogP contribution in [-0.4, -0.2) is 44.3 Å². The molecule has 2 fully saturated rings. The van der Waals surface area contributed by atoms with E-state index in [0.29, 0.717) is 19.0 Å². The Morgan fingerprint density at radius 3 is 2.38 bits per heavy atom. The van der Waals surface area contributed by atoms with Crippen LogP contribution in [0, 0.1) is 5.92 Å². The van der Waals surface area contributed by atoms with Crippen LogP contribution in [0.3, 0.4) is 0 Å². The average molecular weight is 441 g/mol. The number of nitrogens with zero attached hydrogens (tertiary/aromatic N) is 3. The van der Waals surface area contributed by atoms with Crippen LogP contribution in [0.4, 0.5) is 4.79 Å². The number of H-pyrrole nitrogens is 1. The van der Waals surface area contributed by atoms with Gasteiger partial charge >= 0.3 is 6.09 Å². The van der Waals surface area contributed by atoms with Crippen molar-refractivity contribution in [3.63, 3.8) is 0 Å². The van der Waals surface area contributed by atoms with E-state index in [0.717, 1.165) is 29.7 Å². The predicted octanol–water partition coefficient (Wildman–Crippen LogP) is 5.12. The van der Waals surface area contributed by atoms with E-state index < -0.39 is 5.60 Å². The maximum Gasteiger partial charge on any atom is 0.410 e. The van der Waals surface area contributed by atoms with Crippen LogP contribution in [0.25, 0.3) is 11.2 Å². The number of allylic oxidation sites excluding steroid dienone is 2. The monoisotopic (exact) mass is 440 g/mol. The number of piperidine rings is 1. The lowest BCUT2D eigenvalue weighted by molar-refractivity contribution is 0.0203. The number of carbonyl (C=O) groups excluding carboxylic acids is 1. The third-order valence-corrected chi connectivity index (χ3v) is 6.69. The molecule has 2 aromatic heterocycles. The number of ether oxygens (including phenoxy) is 1. The van der Waals surface area contributed by atoms with Gasteiger partial charge < -0.3 is 14.6 Å². The summed E-state index contributed by atoms with van der Waals surface area (Å²) in [7, 11) is 0. The second kappa shape index (κ2) is 8.75. The lowest BCUT2D eigenvalue weighted by Crippen LogP contribution is -2.41. The average Bonchev–Trinajstić information content (AvgIpc) is 3.37. The summed E-state index contributed by atoms with van der Waals surface area (Å²) in [6, 6.07) is 1.68. The minimum absolute atomic E-state index is 0.0941. The summed E-state index contributed by atoms with van der Waals surface area (Å²) >= 11 is 0. The number of aromatic nitrogens is 3. The summed E-state index contributed by atoms with van der Waals surface area (Å²) in [6.07, 6.45) is 8.15. The zero-order valence-electron chi connectivity index (χ0n) is 20.0. The van der Waals surface area contributed by atoms with Crippen molar-refractivity contribution in [3.05, 3.63) is 39.4 Å². The molecule has 32 heavy (non-hydrogen) atoms. The quantitative estimate of drug-likeness (QED) is 0.718. The number of amides is 1. The SMILES string of the molecule is CC(C)=C(c1cnn2c(C3CCN(C(=O)OC(C)(C)C)CC3)cc(=O)[nH]c12)C1CCCC1. The van der Waals surface area contributed by atoms with Crippen molar-refractivity contribution in [1.29, 1.82) is 0 Å². The minimum Gasteiger partial charge on any atom is -0.444 e. The molecule has 0 atom stereocenters. The molecule has 174 valence electrons. The Morgan fingerprint density at radius 1 is 1.12 bits per heavy atom. The predicted molar refractivity (Wildman–Crippen MR) is 126 cm³/mol. The van der Waals surface area contributed by atoms with E-state index in [4.69, 9.17) is 9.84 Å². The molecule has 0 radical (unpaired) electrons. The van der Waals surface area contributed by atoms with Crippen molar-refractivity contribution in [2.45, 2.75) is 84.7 Å². The smallest absolute Gasteiger partial charge is 0.410 e. The summed E-state index contributed by atoms with van der Waals surface area (Å²) in [5, 5.41) is 4.72. The highest BCUT2D eigenvalue weighted by Gasteiger charge is 2.30.